The van der Waals surface area contributed by atoms with Gasteiger partial charge in [-0.3, -0.25) is 4.79 Å². The molecule has 8 heteroatoms. The van der Waals surface area contributed by atoms with Gasteiger partial charge in [0.25, 0.3) is 5.91 Å². The van der Waals surface area contributed by atoms with E-state index in [2.05, 4.69) is 15.3 Å². The summed E-state index contributed by atoms with van der Waals surface area (Å²) in [4.78, 5) is 21.5. The van der Waals surface area contributed by atoms with Crippen molar-refractivity contribution in [3.8, 4) is 0 Å². The Kier molecular flexibility index (Phi) is 5.62. The summed E-state index contributed by atoms with van der Waals surface area (Å²) in [7, 11) is 0. The van der Waals surface area contributed by atoms with Gasteiger partial charge in [-0.25, -0.2) is 9.97 Å². The number of fused-ring (bicyclic) bond motifs is 2. The average Bonchev–Trinajstić information content (AvgIpc) is 3.18. The zero-order valence-corrected chi connectivity index (χ0v) is 18.9. The van der Waals surface area contributed by atoms with E-state index in [4.69, 9.17) is 28.9 Å². The van der Waals surface area contributed by atoms with Crippen LogP contribution in [0.1, 0.15) is 21.6 Å². The molecule has 0 saturated heterocycles. The van der Waals surface area contributed by atoms with Gasteiger partial charge < -0.3 is 15.6 Å². The highest BCUT2D eigenvalue weighted by Gasteiger charge is 2.17. The van der Waals surface area contributed by atoms with E-state index in [1.807, 2.05) is 59.2 Å². The summed E-state index contributed by atoms with van der Waals surface area (Å²) in [6.07, 6.45) is 1.43. The smallest absolute Gasteiger partial charge is 0.268 e. The van der Waals surface area contributed by atoms with E-state index in [1.54, 1.807) is 12.1 Å². The van der Waals surface area contributed by atoms with Crippen molar-refractivity contribution in [1.29, 1.82) is 0 Å². The third kappa shape index (κ3) is 4.23. The van der Waals surface area contributed by atoms with Crippen LogP contribution in [0.5, 0.6) is 0 Å². The third-order valence-electron chi connectivity index (χ3n) is 5.57. The number of aromatic nitrogens is 3. The molecular formula is C25H19Cl2N5O. The number of carbonyl (C=O) groups excluding carboxylic acids is 1. The highest BCUT2D eigenvalue weighted by Crippen LogP contribution is 2.26. The van der Waals surface area contributed by atoms with Crippen LogP contribution in [0.3, 0.4) is 0 Å². The standard InChI is InChI=1S/C25H19Cl2N5O/c26-18-7-6-17(20(27)11-18)13-32-22-4-2-1-3-16(22)10-23(32)25(33)29-12-15-5-8-19-21(9-15)30-14-31-24(19)28/h1-11,14H,12-13H2,(H,29,33)(H2,28,30,31). The van der Waals surface area contributed by atoms with Gasteiger partial charge in [-0.1, -0.05) is 53.5 Å². The quantitative estimate of drug-likeness (QED) is 0.353. The number of nitrogens with two attached hydrogens (primary N) is 1. The molecule has 0 aliphatic heterocycles. The van der Waals surface area contributed by atoms with Gasteiger partial charge in [-0.05, 0) is 47.5 Å². The van der Waals surface area contributed by atoms with E-state index in [1.165, 1.54) is 6.33 Å². The van der Waals surface area contributed by atoms with Gasteiger partial charge in [0.2, 0.25) is 0 Å². The van der Waals surface area contributed by atoms with Crippen LogP contribution < -0.4 is 11.1 Å². The molecule has 2 aromatic heterocycles. The first-order chi connectivity index (χ1) is 16.0. The summed E-state index contributed by atoms with van der Waals surface area (Å²) >= 11 is 12.5. The molecule has 0 fully saturated rings. The number of nitrogen functional groups attached to an aromatic ring is 1. The maximum atomic E-state index is 13.2. The number of carbonyl (C=O) groups is 1. The molecule has 0 bridgehead atoms. The number of amides is 1. The lowest BCUT2D eigenvalue weighted by Gasteiger charge is -2.13. The predicted molar refractivity (Wildman–Crippen MR) is 133 cm³/mol. The zero-order chi connectivity index (χ0) is 22.9. The van der Waals surface area contributed by atoms with E-state index < -0.39 is 0 Å². The zero-order valence-electron chi connectivity index (χ0n) is 17.4. The fourth-order valence-corrected chi connectivity index (χ4v) is 4.36. The summed E-state index contributed by atoms with van der Waals surface area (Å²) in [6.45, 7) is 0.792. The molecule has 5 aromatic rings. The normalized spacial score (nSPS) is 11.2. The minimum absolute atomic E-state index is 0.182. The van der Waals surface area contributed by atoms with Crippen LogP contribution >= 0.6 is 23.2 Å². The summed E-state index contributed by atoms with van der Waals surface area (Å²) < 4.78 is 1.97. The number of halogens is 2. The Balaban J connectivity index is 1.44. The Hall–Kier alpha value is -3.61. The number of rotatable bonds is 5. The van der Waals surface area contributed by atoms with Crippen molar-refractivity contribution in [2.24, 2.45) is 0 Å². The molecule has 3 N–H and O–H groups in total. The lowest BCUT2D eigenvalue weighted by atomic mass is 10.1. The average molecular weight is 476 g/mol. The number of hydrogen-bond donors (Lipinski definition) is 2. The molecule has 0 radical (unpaired) electrons. The highest BCUT2D eigenvalue weighted by molar-refractivity contribution is 6.35. The van der Waals surface area contributed by atoms with E-state index >= 15 is 0 Å². The fraction of sp³-hybridized carbons (Fsp3) is 0.0800. The largest absolute Gasteiger partial charge is 0.383 e. The Morgan fingerprint density at radius 3 is 2.70 bits per heavy atom. The van der Waals surface area contributed by atoms with Crippen molar-refractivity contribution in [2.75, 3.05) is 5.73 Å². The molecule has 1 amide bonds. The van der Waals surface area contributed by atoms with Gasteiger partial charge in [0.05, 0.1) is 5.52 Å². The number of nitrogens with one attached hydrogen (secondary N) is 1. The van der Waals surface area contributed by atoms with Crippen LogP contribution in [-0.4, -0.2) is 20.4 Å². The maximum Gasteiger partial charge on any atom is 0.268 e. The second-order valence-electron chi connectivity index (χ2n) is 7.70. The first-order valence-electron chi connectivity index (χ1n) is 10.3. The first-order valence-corrected chi connectivity index (χ1v) is 11.0. The summed E-state index contributed by atoms with van der Waals surface area (Å²) in [6, 6.07) is 20.8. The summed E-state index contributed by atoms with van der Waals surface area (Å²) in [5, 5.41) is 5.91. The lowest BCUT2D eigenvalue weighted by molar-refractivity contribution is 0.0942. The molecule has 0 spiro atoms. The Labute approximate surface area is 200 Å². The monoisotopic (exact) mass is 475 g/mol. The second kappa shape index (κ2) is 8.73. The van der Waals surface area contributed by atoms with Gasteiger partial charge in [-0.2, -0.15) is 0 Å². The van der Waals surface area contributed by atoms with E-state index in [0.717, 1.165) is 32.9 Å². The third-order valence-corrected chi connectivity index (χ3v) is 6.16. The first kappa shape index (κ1) is 21.2. The maximum absolute atomic E-state index is 13.2. The van der Waals surface area contributed by atoms with Gasteiger partial charge >= 0.3 is 0 Å². The van der Waals surface area contributed by atoms with Crippen molar-refractivity contribution in [2.45, 2.75) is 13.1 Å². The molecule has 33 heavy (non-hydrogen) atoms. The number of anilines is 1. The molecule has 0 saturated carbocycles. The number of benzene rings is 3. The SMILES string of the molecule is Nc1ncnc2cc(CNC(=O)c3cc4ccccc4n3Cc3ccc(Cl)cc3Cl)ccc12. The molecule has 5 rings (SSSR count). The van der Waals surface area contributed by atoms with E-state index in [0.29, 0.717) is 34.6 Å². The second-order valence-corrected chi connectivity index (χ2v) is 8.55. The molecule has 0 atom stereocenters. The molecule has 3 aromatic carbocycles. The van der Waals surface area contributed by atoms with Gasteiger partial charge in [0.15, 0.2) is 0 Å². The highest BCUT2D eigenvalue weighted by atomic mass is 35.5. The van der Waals surface area contributed by atoms with Gasteiger partial charge in [0.1, 0.15) is 17.8 Å². The minimum Gasteiger partial charge on any atom is -0.383 e. The molecule has 164 valence electrons. The molecule has 0 aliphatic rings. The van der Waals surface area contributed by atoms with Crippen molar-refractivity contribution in [1.82, 2.24) is 19.9 Å². The topological polar surface area (TPSA) is 85.8 Å². The van der Waals surface area contributed by atoms with Gasteiger partial charge in [0, 0.05) is 39.4 Å². The van der Waals surface area contributed by atoms with Crippen LogP contribution in [-0.2, 0) is 13.1 Å². The summed E-state index contributed by atoms with van der Waals surface area (Å²) in [5.74, 6) is 0.250. The summed E-state index contributed by atoms with van der Waals surface area (Å²) in [5.41, 5.74) is 9.93. The predicted octanol–water partition coefficient (Wildman–Crippen LogP) is 5.45. The van der Waals surface area contributed by atoms with Crippen LogP contribution in [0.4, 0.5) is 5.82 Å². The molecular weight excluding hydrogens is 457 g/mol. The number of para-hydroxylation sites is 1. The lowest BCUT2D eigenvalue weighted by Crippen LogP contribution is -2.25. The van der Waals surface area contributed by atoms with E-state index in [9.17, 15) is 4.79 Å². The minimum atomic E-state index is -0.182. The van der Waals surface area contributed by atoms with Crippen molar-refractivity contribution >= 4 is 56.7 Å². The van der Waals surface area contributed by atoms with Crippen LogP contribution in [0.2, 0.25) is 10.0 Å². The molecule has 0 unspecified atom stereocenters. The Morgan fingerprint density at radius 2 is 1.85 bits per heavy atom. The van der Waals surface area contributed by atoms with Crippen LogP contribution in [0, 0.1) is 0 Å². The Bertz CT molecular complexity index is 1510. The van der Waals surface area contributed by atoms with Crippen molar-refractivity contribution in [3.05, 3.63) is 99.9 Å². The van der Waals surface area contributed by atoms with E-state index in [-0.39, 0.29) is 5.91 Å². The fourth-order valence-electron chi connectivity index (χ4n) is 3.90. The molecule has 2 heterocycles. The van der Waals surface area contributed by atoms with Gasteiger partial charge in [-0.15, -0.1) is 0 Å². The van der Waals surface area contributed by atoms with Crippen molar-refractivity contribution in [3.63, 3.8) is 0 Å². The van der Waals surface area contributed by atoms with Crippen LogP contribution in [0.15, 0.2) is 73.1 Å². The molecule has 0 aliphatic carbocycles. The number of hydrogen-bond acceptors (Lipinski definition) is 4. The van der Waals surface area contributed by atoms with Crippen LogP contribution in [0.25, 0.3) is 21.8 Å². The molecule has 6 nitrogen and oxygen atoms in total. The van der Waals surface area contributed by atoms with Crippen molar-refractivity contribution < 1.29 is 4.79 Å². The Morgan fingerprint density at radius 1 is 1.00 bits per heavy atom. The number of nitrogens with zero attached hydrogens (tertiary/aromatic N) is 3.